The number of phenolic OH excluding ortho intramolecular Hbond substituents is 1. The van der Waals surface area contributed by atoms with Gasteiger partial charge in [0.15, 0.2) is 5.75 Å². The van der Waals surface area contributed by atoms with E-state index in [1.165, 1.54) is 24.3 Å². The van der Waals surface area contributed by atoms with Gasteiger partial charge in [-0.3, -0.25) is 0 Å². The normalized spacial score (nSPS) is 10.4. The zero-order chi connectivity index (χ0) is 9.90. The van der Waals surface area contributed by atoms with Gasteiger partial charge in [0.2, 0.25) is 0 Å². The third-order valence-electron chi connectivity index (χ3n) is 1.05. The maximum Gasteiger partial charge on any atom is 1.00 e. The van der Waals surface area contributed by atoms with Crippen molar-refractivity contribution in [2.45, 2.75) is 0 Å². The Kier molecular flexibility index (Phi) is 6.17. The van der Waals surface area contributed by atoms with Crippen molar-refractivity contribution in [1.29, 1.82) is 0 Å². The summed E-state index contributed by atoms with van der Waals surface area (Å²) in [7, 11) is -4.87. The summed E-state index contributed by atoms with van der Waals surface area (Å²) in [5.41, 5.74) is 0. The van der Waals surface area contributed by atoms with Crippen LogP contribution in [-0.4, -0.2) is 18.1 Å². The van der Waals surface area contributed by atoms with Crippen LogP contribution in [0.4, 0.5) is 0 Å². The molecule has 0 radical (unpaired) electrons. The first-order valence-corrected chi connectivity index (χ1v) is 4.42. The zero-order valence-electron chi connectivity index (χ0n) is 7.21. The minimum absolute atomic E-state index is 0. The van der Waals surface area contributed by atoms with Gasteiger partial charge >= 0.3 is 51.4 Å². The van der Waals surface area contributed by atoms with Gasteiger partial charge in [0.25, 0.3) is 10.4 Å². The van der Waals surface area contributed by atoms with Gasteiger partial charge in [0.05, 0.1) is 0 Å². The van der Waals surface area contributed by atoms with Crippen LogP contribution in [0.5, 0.6) is 11.5 Å². The van der Waals surface area contributed by atoms with Gasteiger partial charge in [-0.05, 0) is 24.3 Å². The molecule has 0 fully saturated rings. The van der Waals surface area contributed by atoms with Crippen LogP contribution < -0.4 is 56.3 Å². The number of hydrogen-bond acceptors (Lipinski definition) is 6. The van der Waals surface area contributed by atoms with E-state index in [0.717, 1.165) is 0 Å². The molecule has 0 amide bonds. The van der Waals surface area contributed by atoms with Crippen molar-refractivity contribution >= 4 is 10.4 Å². The zero-order valence-corrected chi connectivity index (χ0v) is 11.1. The molecule has 0 unspecified atom stereocenters. The average molecular weight is 244 g/mol. The summed E-state index contributed by atoms with van der Waals surface area (Å²) in [6, 6.07) is 4.97. The number of hydrogen-bond donors (Lipinski definition) is 1. The minimum Gasteiger partial charge on any atom is -0.723 e. The first kappa shape index (κ1) is 14.3. The first-order chi connectivity index (χ1) is 5.97. The van der Waals surface area contributed by atoms with E-state index in [2.05, 4.69) is 9.22 Å². The fourth-order valence-electron chi connectivity index (χ4n) is 0.583. The molecule has 0 aliphatic carbocycles. The van der Waals surface area contributed by atoms with Gasteiger partial charge in [-0.2, -0.15) is 0 Å². The molecule has 1 aromatic rings. The van der Waals surface area contributed by atoms with E-state index >= 15 is 0 Å². The predicted molar refractivity (Wildman–Crippen MR) is 39.5 cm³/mol. The van der Waals surface area contributed by atoms with Crippen molar-refractivity contribution in [3.05, 3.63) is 24.3 Å². The summed E-state index contributed by atoms with van der Waals surface area (Å²) in [5, 5.41) is 8.81. The van der Waals surface area contributed by atoms with Gasteiger partial charge in [0.1, 0.15) is 5.75 Å². The third kappa shape index (κ3) is 5.93. The van der Waals surface area contributed by atoms with E-state index in [0.29, 0.717) is 0 Å². The SMILES string of the molecule is O=S(=O)([O-])OOc1ccc(O)cc1.[K+]. The topological polar surface area (TPSA) is 95.9 Å². The Balaban J connectivity index is 0.00000169. The van der Waals surface area contributed by atoms with Crippen molar-refractivity contribution in [2.24, 2.45) is 0 Å². The summed E-state index contributed by atoms with van der Waals surface area (Å²) in [4.78, 5) is 4.11. The molecule has 0 bridgehead atoms. The van der Waals surface area contributed by atoms with Crippen molar-refractivity contribution in [1.82, 2.24) is 0 Å². The van der Waals surface area contributed by atoms with Crippen LogP contribution in [-0.2, 0) is 14.7 Å². The molecule has 1 aromatic carbocycles. The van der Waals surface area contributed by atoms with Crippen molar-refractivity contribution in [3.63, 3.8) is 0 Å². The molecular formula is C6H5KO6S. The van der Waals surface area contributed by atoms with Crippen LogP contribution in [0.1, 0.15) is 0 Å². The number of rotatable bonds is 3. The molecule has 0 saturated carbocycles. The summed E-state index contributed by atoms with van der Waals surface area (Å²) in [6.07, 6.45) is 0. The van der Waals surface area contributed by atoms with Gasteiger partial charge < -0.3 is 14.5 Å². The van der Waals surface area contributed by atoms with Gasteiger partial charge in [0, 0.05) is 0 Å². The van der Waals surface area contributed by atoms with Crippen LogP contribution in [0, 0.1) is 0 Å². The van der Waals surface area contributed by atoms with Crippen molar-refractivity contribution in [3.8, 4) is 11.5 Å². The number of benzene rings is 1. The number of aromatic hydroxyl groups is 1. The summed E-state index contributed by atoms with van der Waals surface area (Å²) >= 11 is 0. The summed E-state index contributed by atoms with van der Waals surface area (Å²) in [6.45, 7) is 0. The fraction of sp³-hybridized carbons (Fsp3) is 0. The second-order valence-electron chi connectivity index (χ2n) is 2.05. The molecule has 1 N–H and O–H groups in total. The van der Waals surface area contributed by atoms with E-state index in [9.17, 15) is 13.0 Å². The summed E-state index contributed by atoms with van der Waals surface area (Å²) < 4.78 is 33.2. The fourth-order valence-corrected chi connectivity index (χ4v) is 0.745. The van der Waals surface area contributed by atoms with E-state index in [1.807, 2.05) is 0 Å². The quantitative estimate of drug-likeness (QED) is 0.202. The molecule has 8 heteroatoms. The molecule has 0 saturated heterocycles. The molecule has 72 valence electrons. The Morgan fingerprint density at radius 3 is 2.14 bits per heavy atom. The molecule has 0 aliphatic heterocycles. The second-order valence-corrected chi connectivity index (χ2v) is 3.01. The molecule has 0 aliphatic rings. The Bertz CT molecular complexity index is 372. The number of phenols is 1. The summed E-state index contributed by atoms with van der Waals surface area (Å²) in [5.74, 6) is -0.0189. The van der Waals surface area contributed by atoms with Gasteiger partial charge in [-0.25, -0.2) is 8.42 Å². The molecule has 0 aromatic heterocycles. The maximum atomic E-state index is 9.92. The molecule has 1 rings (SSSR count). The van der Waals surface area contributed by atoms with Crippen LogP contribution in [0.25, 0.3) is 0 Å². The average Bonchev–Trinajstić information content (AvgIpc) is 2.02. The Hall–Kier alpha value is 0.326. The van der Waals surface area contributed by atoms with E-state index in [4.69, 9.17) is 5.11 Å². The van der Waals surface area contributed by atoms with Crippen molar-refractivity contribution in [2.75, 3.05) is 0 Å². The Labute approximate surface area is 123 Å². The first-order valence-electron chi connectivity index (χ1n) is 3.08. The molecule has 0 atom stereocenters. The Morgan fingerprint density at radius 1 is 1.21 bits per heavy atom. The third-order valence-corrected chi connectivity index (χ3v) is 1.29. The minimum atomic E-state index is -4.87. The largest absolute Gasteiger partial charge is 1.00 e. The molecular weight excluding hydrogens is 239 g/mol. The van der Waals surface area contributed by atoms with Crippen LogP contribution in [0.15, 0.2) is 24.3 Å². The van der Waals surface area contributed by atoms with Gasteiger partial charge in [-0.1, -0.05) is 4.33 Å². The van der Waals surface area contributed by atoms with Crippen molar-refractivity contribution < 1.29 is 78.7 Å². The van der Waals surface area contributed by atoms with Gasteiger partial charge in [-0.15, -0.1) is 0 Å². The monoisotopic (exact) mass is 244 g/mol. The van der Waals surface area contributed by atoms with E-state index < -0.39 is 10.4 Å². The molecule has 6 nitrogen and oxygen atoms in total. The molecule has 0 heterocycles. The van der Waals surface area contributed by atoms with Crippen LogP contribution in [0.3, 0.4) is 0 Å². The smallest absolute Gasteiger partial charge is 0.723 e. The van der Waals surface area contributed by atoms with E-state index in [1.54, 1.807) is 0 Å². The second kappa shape index (κ2) is 6.03. The predicted octanol–water partition coefficient (Wildman–Crippen LogP) is -2.83. The van der Waals surface area contributed by atoms with E-state index in [-0.39, 0.29) is 62.9 Å². The van der Waals surface area contributed by atoms with Crippen LogP contribution >= 0.6 is 0 Å². The Morgan fingerprint density at radius 2 is 1.71 bits per heavy atom. The van der Waals surface area contributed by atoms with Crippen LogP contribution in [0.2, 0.25) is 0 Å². The standard InChI is InChI=1S/C6H6O6S.K/c7-5-1-3-6(4-2-5)11-12-13(8,9)10;/h1-4,7H,(H,8,9,10);/q;+1/p-1. The molecule has 0 spiro atoms. The molecule has 14 heavy (non-hydrogen) atoms. The maximum absolute atomic E-state index is 9.92.